The number of carbonyl (C=O) groups excluding carboxylic acids is 2. The number of unbranched alkanes of at least 4 members (excludes halogenated alkanes) is 14. The van der Waals surface area contributed by atoms with Crippen LogP contribution in [0.4, 0.5) is 0 Å². The van der Waals surface area contributed by atoms with Crippen molar-refractivity contribution in [1.29, 1.82) is 0 Å². The molecule has 0 heterocycles. The Morgan fingerprint density at radius 2 is 1.13 bits per heavy atom. The number of esters is 2. The summed E-state index contributed by atoms with van der Waals surface area (Å²) in [6.07, 6.45) is 29.3. The lowest BCUT2D eigenvalue weighted by atomic mass is 10.1. The highest BCUT2D eigenvalue weighted by molar-refractivity contribution is 5.72. The topological polar surface area (TPSA) is 99.1 Å². The summed E-state index contributed by atoms with van der Waals surface area (Å²) < 4.78 is 17.1. The number of ether oxygens (including phenoxy) is 3. The molecule has 8 heteroatoms. The Bertz CT molecular complexity index is 818. The van der Waals surface area contributed by atoms with E-state index < -0.39 is 18.1 Å². The van der Waals surface area contributed by atoms with E-state index in [2.05, 4.69) is 38.2 Å². The summed E-state index contributed by atoms with van der Waals surface area (Å²) in [4.78, 5) is 36.6. The minimum Gasteiger partial charge on any atom is -0.477 e. The molecule has 0 amide bonds. The Hall–Kier alpha value is -2.19. The second-order valence-corrected chi connectivity index (χ2v) is 13.5. The largest absolute Gasteiger partial charge is 0.477 e. The maximum atomic E-state index is 12.6. The van der Waals surface area contributed by atoms with E-state index in [1.165, 1.54) is 44.9 Å². The van der Waals surface area contributed by atoms with Crippen molar-refractivity contribution in [3.63, 3.8) is 0 Å². The van der Waals surface area contributed by atoms with E-state index in [9.17, 15) is 19.5 Å². The zero-order valence-corrected chi connectivity index (χ0v) is 30.3. The van der Waals surface area contributed by atoms with Gasteiger partial charge in [-0.05, 0) is 57.8 Å². The van der Waals surface area contributed by atoms with E-state index >= 15 is 0 Å². The molecule has 0 aromatic heterocycles. The molecule has 0 spiro atoms. The first-order valence-electron chi connectivity index (χ1n) is 18.4. The van der Waals surface area contributed by atoms with Gasteiger partial charge in [-0.15, -0.1) is 0 Å². The maximum absolute atomic E-state index is 12.6. The number of aliphatic carboxylic acids is 1. The zero-order chi connectivity index (χ0) is 34.3. The molecule has 2 atom stereocenters. The van der Waals surface area contributed by atoms with Crippen molar-refractivity contribution in [2.45, 2.75) is 161 Å². The molecule has 0 fully saturated rings. The normalized spacial score (nSPS) is 13.3. The summed E-state index contributed by atoms with van der Waals surface area (Å²) >= 11 is 0. The van der Waals surface area contributed by atoms with Gasteiger partial charge in [-0.3, -0.25) is 9.59 Å². The maximum Gasteiger partial charge on any atom is 0.362 e. The lowest BCUT2D eigenvalue weighted by Gasteiger charge is -2.31. The van der Waals surface area contributed by atoms with Crippen LogP contribution in [-0.2, 0) is 28.6 Å². The molecule has 0 rings (SSSR count). The van der Waals surface area contributed by atoms with Crippen molar-refractivity contribution < 1.29 is 38.2 Å². The lowest BCUT2D eigenvalue weighted by molar-refractivity contribution is -0.887. The van der Waals surface area contributed by atoms with Crippen LogP contribution >= 0.6 is 0 Å². The number of carboxylic acids is 1. The number of carbonyl (C=O) groups is 3. The van der Waals surface area contributed by atoms with Gasteiger partial charge in [0.05, 0.1) is 34.4 Å². The predicted octanol–water partition coefficient (Wildman–Crippen LogP) is 8.96. The molecule has 46 heavy (non-hydrogen) atoms. The van der Waals surface area contributed by atoms with E-state index in [1.807, 2.05) is 21.1 Å². The average Bonchev–Trinajstić information content (AvgIpc) is 3.00. The van der Waals surface area contributed by atoms with Crippen LogP contribution in [0.25, 0.3) is 0 Å². The number of rotatable bonds is 32. The van der Waals surface area contributed by atoms with Crippen molar-refractivity contribution in [1.82, 2.24) is 0 Å². The van der Waals surface area contributed by atoms with Crippen LogP contribution in [0.3, 0.4) is 0 Å². The molecule has 0 radical (unpaired) electrons. The number of nitrogens with zero attached hydrogens (tertiary/aromatic N) is 1. The molecule has 8 nitrogen and oxygen atoms in total. The summed E-state index contributed by atoms with van der Waals surface area (Å²) in [6, 6.07) is -0.613. The fourth-order valence-electron chi connectivity index (χ4n) is 5.14. The quantitative estimate of drug-likeness (QED) is 0.0335. The minimum atomic E-state index is -0.879. The summed E-state index contributed by atoms with van der Waals surface area (Å²) in [7, 11) is 5.50. The fraction of sp³-hybridized carbons (Fsp3) is 0.816. The molecular weight excluding hydrogens is 582 g/mol. The van der Waals surface area contributed by atoms with Gasteiger partial charge in [0.15, 0.2) is 12.1 Å². The standard InChI is InChI=1S/C38H69NO7/c1-6-8-10-12-14-16-18-19-21-23-25-27-29-37(41)46-34(32-44-31-30-35(38(42)43)39(3,4)5)33-45-36(40)28-26-24-22-20-17-15-13-11-9-7-2/h11,13-14,16,34-35H,6-10,12,15,17-33H2,1-5H3/p+1/b13-11-,16-14-. The van der Waals surface area contributed by atoms with E-state index in [0.29, 0.717) is 19.3 Å². The molecule has 2 unspecified atom stereocenters. The first-order valence-corrected chi connectivity index (χ1v) is 18.4. The van der Waals surface area contributed by atoms with Gasteiger partial charge in [0.25, 0.3) is 0 Å². The van der Waals surface area contributed by atoms with Crippen LogP contribution in [0.2, 0.25) is 0 Å². The molecule has 0 aromatic rings. The first-order chi connectivity index (χ1) is 22.1. The van der Waals surface area contributed by atoms with Gasteiger partial charge in [-0.25, -0.2) is 4.79 Å². The smallest absolute Gasteiger partial charge is 0.362 e. The summed E-state index contributed by atoms with van der Waals surface area (Å²) in [5, 5.41) is 9.56. The highest BCUT2D eigenvalue weighted by Gasteiger charge is 2.31. The molecule has 0 aromatic carbocycles. The van der Waals surface area contributed by atoms with E-state index in [-0.39, 0.29) is 36.2 Å². The van der Waals surface area contributed by atoms with Gasteiger partial charge >= 0.3 is 17.9 Å². The van der Waals surface area contributed by atoms with Gasteiger partial charge in [-0.2, -0.15) is 0 Å². The van der Waals surface area contributed by atoms with Gasteiger partial charge in [0, 0.05) is 19.3 Å². The molecular formula is C38H70NO7+. The van der Waals surface area contributed by atoms with Crippen molar-refractivity contribution >= 4 is 17.9 Å². The molecule has 0 aliphatic carbocycles. The highest BCUT2D eigenvalue weighted by atomic mass is 16.6. The predicted molar refractivity (Wildman–Crippen MR) is 188 cm³/mol. The third-order valence-electron chi connectivity index (χ3n) is 8.05. The van der Waals surface area contributed by atoms with Crippen molar-refractivity contribution in [2.24, 2.45) is 0 Å². The van der Waals surface area contributed by atoms with Crippen molar-refractivity contribution in [3.05, 3.63) is 24.3 Å². The molecule has 1 N–H and O–H groups in total. The Balaban J connectivity index is 4.47. The van der Waals surface area contributed by atoms with Crippen LogP contribution in [0.1, 0.15) is 149 Å². The van der Waals surface area contributed by atoms with Crippen LogP contribution in [0.15, 0.2) is 24.3 Å². The third-order valence-corrected chi connectivity index (χ3v) is 8.05. The number of quaternary nitrogens is 1. The van der Waals surface area contributed by atoms with Gasteiger partial charge in [0.2, 0.25) is 0 Å². The molecule has 0 aliphatic rings. The fourth-order valence-corrected chi connectivity index (χ4v) is 5.14. The number of hydrogen-bond acceptors (Lipinski definition) is 6. The monoisotopic (exact) mass is 653 g/mol. The second kappa shape index (κ2) is 30.2. The van der Waals surface area contributed by atoms with Gasteiger partial charge < -0.3 is 23.8 Å². The van der Waals surface area contributed by atoms with Crippen molar-refractivity contribution in [2.75, 3.05) is 41.0 Å². The summed E-state index contributed by atoms with van der Waals surface area (Å²) in [6.45, 7) is 4.61. The Morgan fingerprint density at radius 3 is 1.65 bits per heavy atom. The number of hydrogen-bond donors (Lipinski definition) is 1. The number of allylic oxidation sites excluding steroid dienone is 4. The second-order valence-electron chi connectivity index (χ2n) is 13.5. The molecule has 0 saturated carbocycles. The number of likely N-dealkylation sites (N-methyl/N-ethyl adjacent to an activating group) is 1. The lowest BCUT2D eigenvalue weighted by Crippen LogP contribution is -2.50. The third kappa shape index (κ3) is 28.1. The molecule has 0 aliphatic heterocycles. The average molecular weight is 653 g/mol. The molecule has 0 bridgehead atoms. The SMILES string of the molecule is CCC/C=C\CCCCCCCC(=O)OCC(COCCC(C(=O)O)[N+](C)(C)C)OC(=O)CCCCCCC/C=C\CCCCC. The van der Waals surface area contributed by atoms with Crippen LogP contribution in [-0.4, -0.2) is 80.6 Å². The molecule has 0 saturated heterocycles. The summed E-state index contributed by atoms with van der Waals surface area (Å²) in [5.41, 5.74) is 0. The van der Waals surface area contributed by atoms with Gasteiger partial charge in [0.1, 0.15) is 6.61 Å². The number of carboxylic acid groups (broad SMARTS) is 1. The van der Waals surface area contributed by atoms with Gasteiger partial charge in [-0.1, -0.05) is 95.9 Å². The van der Waals surface area contributed by atoms with Crippen LogP contribution < -0.4 is 0 Å². The van der Waals surface area contributed by atoms with Crippen LogP contribution in [0.5, 0.6) is 0 Å². The van der Waals surface area contributed by atoms with E-state index in [0.717, 1.165) is 70.6 Å². The molecule has 268 valence electrons. The zero-order valence-electron chi connectivity index (χ0n) is 30.3. The Labute approximate surface area is 281 Å². The highest BCUT2D eigenvalue weighted by Crippen LogP contribution is 2.13. The minimum absolute atomic E-state index is 0.0567. The van der Waals surface area contributed by atoms with Crippen molar-refractivity contribution in [3.8, 4) is 0 Å². The van der Waals surface area contributed by atoms with E-state index in [1.54, 1.807) is 0 Å². The first kappa shape index (κ1) is 43.8. The summed E-state index contributed by atoms with van der Waals surface area (Å²) in [5.74, 6) is -1.50. The van der Waals surface area contributed by atoms with Crippen LogP contribution in [0, 0.1) is 0 Å². The Kier molecular flexibility index (Phi) is 28.7. The van der Waals surface area contributed by atoms with E-state index in [4.69, 9.17) is 14.2 Å². The Morgan fingerprint density at radius 1 is 0.630 bits per heavy atom.